The molecule has 0 bridgehead atoms. The van der Waals surface area contributed by atoms with E-state index in [2.05, 4.69) is 10.2 Å². The predicted molar refractivity (Wildman–Crippen MR) is 103 cm³/mol. The number of nitrogens with zero attached hydrogens (tertiary/aromatic N) is 3. The zero-order chi connectivity index (χ0) is 21.0. The standard InChI is InChI=1S/C19H18F3N3O3S/c1-27-14-8-6-12(7-9-14)17-23-24-18(29-11-16(26)19(20,21)22)25(17)13-4-3-5-15(10-13)28-2/h3-10,16,26H,11H2,1-2H3/t16-/m1/s1. The molecule has 1 N–H and O–H groups in total. The van der Waals surface area contributed by atoms with Gasteiger partial charge >= 0.3 is 6.18 Å². The molecule has 0 spiro atoms. The Morgan fingerprint density at radius 3 is 2.34 bits per heavy atom. The van der Waals surface area contributed by atoms with E-state index in [1.807, 2.05) is 0 Å². The quantitative estimate of drug-likeness (QED) is 0.578. The van der Waals surface area contributed by atoms with Gasteiger partial charge in [-0.05, 0) is 36.4 Å². The zero-order valence-corrected chi connectivity index (χ0v) is 16.4. The van der Waals surface area contributed by atoms with Crippen LogP contribution in [-0.4, -0.2) is 52.1 Å². The minimum Gasteiger partial charge on any atom is -0.497 e. The maximum atomic E-state index is 12.7. The molecule has 1 atom stereocenters. The summed E-state index contributed by atoms with van der Waals surface area (Å²) in [6, 6.07) is 14.0. The Kier molecular flexibility index (Phi) is 6.33. The molecule has 0 amide bonds. The summed E-state index contributed by atoms with van der Waals surface area (Å²) in [5, 5.41) is 17.8. The Morgan fingerprint density at radius 1 is 1.03 bits per heavy atom. The van der Waals surface area contributed by atoms with E-state index < -0.39 is 18.0 Å². The molecule has 3 rings (SSSR count). The highest BCUT2D eigenvalue weighted by Gasteiger charge is 2.38. The van der Waals surface area contributed by atoms with Gasteiger partial charge in [0.2, 0.25) is 0 Å². The third-order valence-corrected chi connectivity index (χ3v) is 5.05. The van der Waals surface area contributed by atoms with Gasteiger partial charge in [0.1, 0.15) is 11.5 Å². The number of alkyl halides is 3. The van der Waals surface area contributed by atoms with Crippen molar-refractivity contribution in [1.82, 2.24) is 14.8 Å². The second-order valence-corrected chi connectivity index (χ2v) is 6.93. The molecule has 6 nitrogen and oxygen atoms in total. The van der Waals surface area contributed by atoms with Crippen LogP contribution in [0.25, 0.3) is 17.1 Å². The number of aliphatic hydroxyl groups excluding tert-OH is 1. The average Bonchev–Trinajstić information content (AvgIpc) is 3.15. The Balaban J connectivity index is 2.03. The van der Waals surface area contributed by atoms with E-state index in [0.717, 1.165) is 11.8 Å². The molecule has 10 heteroatoms. The maximum Gasteiger partial charge on any atom is 0.415 e. The molecule has 0 saturated heterocycles. The highest BCUT2D eigenvalue weighted by Crippen LogP contribution is 2.32. The van der Waals surface area contributed by atoms with Crippen molar-refractivity contribution in [1.29, 1.82) is 0 Å². The van der Waals surface area contributed by atoms with Gasteiger partial charge in [-0.15, -0.1) is 10.2 Å². The van der Waals surface area contributed by atoms with Gasteiger partial charge in [-0.1, -0.05) is 17.8 Å². The summed E-state index contributed by atoms with van der Waals surface area (Å²) in [6.07, 6.45) is -7.17. The van der Waals surface area contributed by atoms with Gasteiger partial charge in [-0.3, -0.25) is 4.57 Å². The van der Waals surface area contributed by atoms with E-state index in [9.17, 15) is 18.3 Å². The molecule has 0 radical (unpaired) electrons. The fourth-order valence-corrected chi connectivity index (χ4v) is 3.44. The Labute approximate surface area is 169 Å². The van der Waals surface area contributed by atoms with E-state index in [4.69, 9.17) is 9.47 Å². The number of rotatable bonds is 7. The normalized spacial score (nSPS) is 12.6. The molecule has 2 aromatic carbocycles. The van der Waals surface area contributed by atoms with E-state index in [0.29, 0.717) is 28.6 Å². The van der Waals surface area contributed by atoms with Crippen molar-refractivity contribution in [2.75, 3.05) is 20.0 Å². The average molecular weight is 425 g/mol. The van der Waals surface area contributed by atoms with Crippen LogP contribution in [0.15, 0.2) is 53.7 Å². The van der Waals surface area contributed by atoms with Crippen LogP contribution in [0, 0.1) is 0 Å². The second-order valence-electron chi connectivity index (χ2n) is 5.94. The molecule has 29 heavy (non-hydrogen) atoms. The van der Waals surface area contributed by atoms with Gasteiger partial charge < -0.3 is 14.6 Å². The third-order valence-electron chi connectivity index (χ3n) is 4.04. The fourth-order valence-electron chi connectivity index (χ4n) is 2.52. The lowest BCUT2D eigenvalue weighted by Crippen LogP contribution is -2.30. The fraction of sp³-hybridized carbons (Fsp3) is 0.263. The number of methoxy groups -OCH3 is 2. The second kappa shape index (κ2) is 8.75. The molecule has 0 unspecified atom stereocenters. The van der Waals surface area contributed by atoms with Crippen LogP contribution in [0.3, 0.4) is 0 Å². The summed E-state index contributed by atoms with van der Waals surface area (Å²) in [7, 11) is 3.07. The van der Waals surface area contributed by atoms with Crippen molar-refractivity contribution in [2.45, 2.75) is 17.4 Å². The molecule has 0 fully saturated rings. The van der Waals surface area contributed by atoms with E-state index in [1.54, 1.807) is 60.2 Å². The summed E-state index contributed by atoms with van der Waals surface area (Å²) in [4.78, 5) is 0. The molecular weight excluding hydrogens is 407 g/mol. The van der Waals surface area contributed by atoms with Crippen molar-refractivity contribution in [3.05, 3.63) is 48.5 Å². The molecular formula is C19H18F3N3O3S. The number of aromatic nitrogens is 3. The maximum absolute atomic E-state index is 12.7. The number of ether oxygens (including phenoxy) is 2. The first-order valence-electron chi connectivity index (χ1n) is 8.45. The number of benzene rings is 2. The number of hydrogen-bond acceptors (Lipinski definition) is 6. The summed E-state index contributed by atoms with van der Waals surface area (Å²) >= 11 is 0.767. The van der Waals surface area contributed by atoms with Gasteiger partial charge in [0.25, 0.3) is 0 Å². The summed E-state index contributed by atoms with van der Waals surface area (Å²) in [5.74, 6) is 1.06. The molecule has 1 heterocycles. The van der Waals surface area contributed by atoms with Gasteiger partial charge in [0.05, 0.1) is 19.9 Å². The number of halogens is 3. The Hall–Kier alpha value is -2.72. The minimum atomic E-state index is -4.70. The third kappa shape index (κ3) is 4.83. The van der Waals surface area contributed by atoms with Crippen molar-refractivity contribution in [3.63, 3.8) is 0 Å². The lowest BCUT2D eigenvalue weighted by atomic mass is 10.2. The monoisotopic (exact) mass is 425 g/mol. The first kappa shape index (κ1) is 21.0. The van der Waals surface area contributed by atoms with Crippen LogP contribution in [0.5, 0.6) is 11.5 Å². The van der Waals surface area contributed by atoms with Crippen LogP contribution in [-0.2, 0) is 0 Å². The summed E-state index contributed by atoms with van der Waals surface area (Å²) in [6.45, 7) is 0. The predicted octanol–water partition coefficient (Wildman–Crippen LogP) is 3.97. The van der Waals surface area contributed by atoms with E-state index in [1.165, 1.54) is 7.11 Å². The Morgan fingerprint density at radius 2 is 1.72 bits per heavy atom. The number of aliphatic hydroxyl groups is 1. The lowest BCUT2D eigenvalue weighted by molar-refractivity contribution is -0.195. The molecule has 0 aliphatic rings. The van der Waals surface area contributed by atoms with Gasteiger partial charge in [-0.2, -0.15) is 13.2 Å². The largest absolute Gasteiger partial charge is 0.497 e. The lowest BCUT2D eigenvalue weighted by Gasteiger charge is -2.15. The van der Waals surface area contributed by atoms with Crippen molar-refractivity contribution < 1.29 is 27.8 Å². The number of hydrogen-bond donors (Lipinski definition) is 1. The van der Waals surface area contributed by atoms with Crippen LogP contribution < -0.4 is 9.47 Å². The van der Waals surface area contributed by atoms with Crippen molar-refractivity contribution in [3.8, 4) is 28.6 Å². The molecule has 3 aromatic rings. The highest BCUT2D eigenvalue weighted by atomic mass is 32.2. The Bertz CT molecular complexity index is 961. The van der Waals surface area contributed by atoms with Gasteiger partial charge in [-0.25, -0.2) is 0 Å². The van der Waals surface area contributed by atoms with Gasteiger partial charge in [0, 0.05) is 17.4 Å². The van der Waals surface area contributed by atoms with Crippen molar-refractivity contribution >= 4 is 11.8 Å². The zero-order valence-electron chi connectivity index (χ0n) is 15.6. The molecule has 0 aliphatic heterocycles. The molecule has 154 valence electrons. The number of thioether (sulfide) groups is 1. The smallest absolute Gasteiger partial charge is 0.415 e. The first-order valence-corrected chi connectivity index (χ1v) is 9.44. The molecule has 0 aliphatic carbocycles. The van der Waals surface area contributed by atoms with Crippen molar-refractivity contribution in [2.24, 2.45) is 0 Å². The minimum absolute atomic E-state index is 0.215. The van der Waals surface area contributed by atoms with Crippen LogP contribution in [0.2, 0.25) is 0 Å². The SMILES string of the molecule is COc1ccc(-c2nnc(SC[C@@H](O)C(F)(F)F)n2-c2cccc(OC)c2)cc1. The van der Waals surface area contributed by atoms with E-state index in [-0.39, 0.29) is 5.16 Å². The van der Waals surface area contributed by atoms with Gasteiger partial charge in [0.15, 0.2) is 17.1 Å². The molecule has 1 aromatic heterocycles. The van der Waals surface area contributed by atoms with E-state index >= 15 is 0 Å². The molecule has 0 saturated carbocycles. The summed E-state index contributed by atoms with van der Waals surface area (Å²) < 4.78 is 50.1. The summed E-state index contributed by atoms with van der Waals surface area (Å²) in [5.41, 5.74) is 1.31. The van der Waals surface area contributed by atoms with Crippen LogP contribution in [0.4, 0.5) is 13.2 Å². The van der Waals surface area contributed by atoms with Crippen LogP contribution >= 0.6 is 11.8 Å². The topological polar surface area (TPSA) is 69.4 Å². The highest BCUT2D eigenvalue weighted by molar-refractivity contribution is 7.99. The first-order chi connectivity index (χ1) is 13.8. The van der Waals surface area contributed by atoms with Crippen LogP contribution in [0.1, 0.15) is 0 Å².